The summed E-state index contributed by atoms with van der Waals surface area (Å²) in [6.45, 7) is 4.01. The molecule has 0 aliphatic carbocycles. The van der Waals surface area contributed by atoms with E-state index in [4.69, 9.17) is 11.6 Å². The first-order valence-corrected chi connectivity index (χ1v) is 7.13. The van der Waals surface area contributed by atoms with Crippen LogP contribution in [0.2, 0.25) is 5.15 Å². The number of aromatic nitrogens is 4. The number of halogens is 1. The Morgan fingerprint density at radius 2 is 2.32 bits per heavy atom. The lowest BCUT2D eigenvalue weighted by atomic mass is 10.2. The Balaban J connectivity index is 2.04. The van der Waals surface area contributed by atoms with Gasteiger partial charge in [0.2, 0.25) is 0 Å². The van der Waals surface area contributed by atoms with Gasteiger partial charge in [-0.05, 0) is 36.2 Å². The standard InChI is InChI=1S/C12H12ClN5S/c1-7-10(13)17-12-14-6-15-18(12)11(7)16-8(2)9-3-4-19-5-9/h3-6,8,16H,1-2H3. The Labute approximate surface area is 119 Å². The monoisotopic (exact) mass is 293 g/mol. The molecule has 0 aromatic carbocycles. The summed E-state index contributed by atoms with van der Waals surface area (Å²) >= 11 is 7.81. The third-order valence-electron chi connectivity index (χ3n) is 3.00. The van der Waals surface area contributed by atoms with Gasteiger partial charge in [-0.3, -0.25) is 0 Å². The van der Waals surface area contributed by atoms with Gasteiger partial charge in [0.05, 0.1) is 6.04 Å². The molecule has 19 heavy (non-hydrogen) atoms. The number of hydrogen-bond donors (Lipinski definition) is 1. The van der Waals surface area contributed by atoms with Gasteiger partial charge in [0.15, 0.2) is 0 Å². The molecule has 0 aliphatic rings. The number of hydrogen-bond acceptors (Lipinski definition) is 5. The van der Waals surface area contributed by atoms with Crippen LogP contribution in [0.1, 0.15) is 24.1 Å². The van der Waals surface area contributed by atoms with E-state index < -0.39 is 0 Å². The summed E-state index contributed by atoms with van der Waals surface area (Å²) in [5.74, 6) is 1.32. The quantitative estimate of drug-likeness (QED) is 0.753. The molecular weight excluding hydrogens is 282 g/mol. The highest BCUT2D eigenvalue weighted by molar-refractivity contribution is 7.07. The molecule has 0 radical (unpaired) electrons. The molecule has 0 fully saturated rings. The minimum Gasteiger partial charge on any atom is -0.363 e. The van der Waals surface area contributed by atoms with E-state index in [9.17, 15) is 0 Å². The maximum Gasteiger partial charge on any atom is 0.255 e. The highest BCUT2D eigenvalue weighted by Gasteiger charge is 2.15. The van der Waals surface area contributed by atoms with Crippen molar-refractivity contribution in [1.29, 1.82) is 0 Å². The van der Waals surface area contributed by atoms with Crippen LogP contribution in [0, 0.1) is 6.92 Å². The van der Waals surface area contributed by atoms with Gasteiger partial charge in [-0.2, -0.15) is 30.9 Å². The number of anilines is 1. The third kappa shape index (κ3) is 2.17. The van der Waals surface area contributed by atoms with Crippen molar-refractivity contribution in [1.82, 2.24) is 19.6 Å². The van der Waals surface area contributed by atoms with Gasteiger partial charge < -0.3 is 5.32 Å². The van der Waals surface area contributed by atoms with Crippen LogP contribution < -0.4 is 5.32 Å². The molecule has 1 atom stereocenters. The second-order valence-corrected chi connectivity index (χ2v) is 5.41. The smallest absolute Gasteiger partial charge is 0.255 e. The Morgan fingerprint density at radius 1 is 1.47 bits per heavy atom. The lowest BCUT2D eigenvalue weighted by molar-refractivity contribution is 0.838. The normalized spacial score (nSPS) is 12.8. The van der Waals surface area contributed by atoms with Crippen molar-refractivity contribution >= 4 is 34.5 Å². The molecule has 3 aromatic heterocycles. The van der Waals surface area contributed by atoms with Crippen LogP contribution >= 0.6 is 22.9 Å². The van der Waals surface area contributed by atoms with E-state index >= 15 is 0 Å². The number of fused-ring (bicyclic) bond motifs is 1. The summed E-state index contributed by atoms with van der Waals surface area (Å²) in [6, 6.07) is 2.26. The van der Waals surface area contributed by atoms with Crippen LogP contribution in [0.15, 0.2) is 23.2 Å². The Hall–Kier alpha value is -1.66. The first-order valence-electron chi connectivity index (χ1n) is 5.81. The van der Waals surface area contributed by atoms with E-state index in [-0.39, 0.29) is 6.04 Å². The van der Waals surface area contributed by atoms with Gasteiger partial charge in [-0.25, -0.2) is 0 Å². The maximum absolute atomic E-state index is 6.13. The van der Waals surface area contributed by atoms with Crippen LogP contribution in [0.25, 0.3) is 5.78 Å². The minimum atomic E-state index is 0.163. The molecule has 0 saturated heterocycles. The van der Waals surface area contributed by atoms with Crippen LogP contribution in [0.3, 0.4) is 0 Å². The van der Waals surface area contributed by atoms with E-state index in [1.54, 1.807) is 15.9 Å². The van der Waals surface area contributed by atoms with E-state index in [1.165, 1.54) is 11.9 Å². The summed E-state index contributed by atoms with van der Waals surface area (Å²) in [4.78, 5) is 8.25. The molecule has 3 heterocycles. The maximum atomic E-state index is 6.13. The lowest BCUT2D eigenvalue weighted by Crippen LogP contribution is -2.12. The predicted molar refractivity (Wildman–Crippen MR) is 76.9 cm³/mol. The first kappa shape index (κ1) is 12.4. The zero-order valence-electron chi connectivity index (χ0n) is 10.5. The summed E-state index contributed by atoms with van der Waals surface area (Å²) in [7, 11) is 0. The van der Waals surface area contributed by atoms with Crippen molar-refractivity contribution < 1.29 is 0 Å². The van der Waals surface area contributed by atoms with Crippen molar-refractivity contribution in [3.8, 4) is 0 Å². The minimum absolute atomic E-state index is 0.163. The van der Waals surface area contributed by atoms with Gasteiger partial charge in [0, 0.05) is 5.56 Å². The zero-order valence-corrected chi connectivity index (χ0v) is 12.0. The van der Waals surface area contributed by atoms with Crippen LogP contribution in [-0.2, 0) is 0 Å². The molecule has 3 rings (SSSR count). The molecular formula is C12H12ClN5S. The van der Waals surface area contributed by atoms with E-state index in [1.807, 2.05) is 6.92 Å². The highest BCUT2D eigenvalue weighted by Crippen LogP contribution is 2.26. The van der Waals surface area contributed by atoms with Gasteiger partial charge in [0.25, 0.3) is 5.78 Å². The van der Waals surface area contributed by atoms with Crippen molar-refractivity contribution in [2.75, 3.05) is 5.32 Å². The van der Waals surface area contributed by atoms with Gasteiger partial charge in [0.1, 0.15) is 17.3 Å². The van der Waals surface area contributed by atoms with Crippen LogP contribution in [0.5, 0.6) is 0 Å². The summed E-state index contributed by atoms with van der Waals surface area (Å²) in [6.07, 6.45) is 1.47. The van der Waals surface area contributed by atoms with Crippen LogP contribution in [0.4, 0.5) is 5.82 Å². The van der Waals surface area contributed by atoms with Crippen molar-refractivity contribution in [2.24, 2.45) is 0 Å². The molecule has 1 unspecified atom stereocenters. The second kappa shape index (κ2) is 4.79. The molecule has 1 N–H and O–H groups in total. The van der Waals surface area contributed by atoms with Gasteiger partial charge in [-0.1, -0.05) is 11.6 Å². The first-order chi connectivity index (χ1) is 9.16. The number of rotatable bonds is 3. The Bertz CT molecular complexity index is 706. The number of thiophene rings is 1. The molecule has 7 heteroatoms. The van der Waals surface area contributed by atoms with Gasteiger partial charge in [-0.15, -0.1) is 0 Å². The fourth-order valence-electron chi connectivity index (χ4n) is 1.88. The zero-order chi connectivity index (χ0) is 13.4. The molecule has 98 valence electrons. The van der Waals surface area contributed by atoms with Crippen molar-refractivity contribution in [3.63, 3.8) is 0 Å². The molecule has 0 bridgehead atoms. The van der Waals surface area contributed by atoms with Crippen molar-refractivity contribution in [3.05, 3.63) is 39.4 Å². The third-order valence-corrected chi connectivity index (χ3v) is 4.07. The molecule has 0 amide bonds. The van der Waals surface area contributed by atoms with E-state index in [0.717, 1.165) is 11.4 Å². The van der Waals surface area contributed by atoms with Crippen LogP contribution in [-0.4, -0.2) is 19.6 Å². The summed E-state index contributed by atoms with van der Waals surface area (Å²) < 4.78 is 1.67. The average Bonchev–Trinajstić information content (AvgIpc) is 3.04. The molecule has 0 aliphatic heterocycles. The van der Waals surface area contributed by atoms with Crippen molar-refractivity contribution in [2.45, 2.75) is 19.9 Å². The van der Waals surface area contributed by atoms with Gasteiger partial charge >= 0.3 is 0 Å². The largest absolute Gasteiger partial charge is 0.363 e. The Morgan fingerprint density at radius 3 is 3.05 bits per heavy atom. The average molecular weight is 294 g/mol. The Kier molecular flexibility index (Phi) is 3.12. The van der Waals surface area contributed by atoms with E-state index in [0.29, 0.717) is 10.9 Å². The molecule has 0 saturated carbocycles. The molecule has 0 spiro atoms. The number of nitrogens with zero attached hydrogens (tertiary/aromatic N) is 4. The predicted octanol–water partition coefficient (Wildman–Crippen LogP) is 3.32. The summed E-state index contributed by atoms with van der Waals surface area (Å²) in [5.41, 5.74) is 2.09. The topological polar surface area (TPSA) is 55.1 Å². The fraction of sp³-hybridized carbons (Fsp3) is 0.250. The second-order valence-electron chi connectivity index (χ2n) is 4.27. The lowest BCUT2D eigenvalue weighted by Gasteiger charge is -2.17. The SMILES string of the molecule is Cc1c(Cl)nc2ncnn2c1NC(C)c1ccsc1. The fourth-order valence-corrected chi connectivity index (χ4v) is 2.80. The number of nitrogens with one attached hydrogen (secondary N) is 1. The summed E-state index contributed by atoms with van der Waals surface area (Å²) in [5, 5.41) is 12.2. The van der Waals surface area contributed by atoms with E-state index in [2.05, 4.69) is 44.1 Å². The molecule has 5 nitrogen and oxygen atoms in total. The molecule has 3 aromatic rings. The highest BCUT2D eigenvalue weighted by atomic mass is 35.5.